The van der Waals surface area contributed by atoms with E-state index in [9.17, 15) is 19.5 Å². The highest BCUT2D eigenvalue weighted by atomic mass is 35.5. The molecule has 1 aliphatic rings. The van der Waals surface area contributed by atoms with Gasteiger partial charge in [-0.05, 0) is 53.4 Å². The molecular weight excluding hydrogens is 428 g/mol. The average molecular weight is 445 g/mol. The van der Waals surface area contributed by atoms with Crippen molar-refractivity contribution in [2.75, 3.05) is 0 Å². The monoisotopic (exact) mass is 444 g/mol. The lowest BCUT2D eigenvalue weighted by molar-refractivity contribution is 0.0639. The average Bonchev–Trinajstić information content (AvgIpc) is 3.02. The van der Waals surface area contributed by atoms with E-state index in [4.69, 9.17) is 11.6 Å². The van der Waals surface area contributed by atoms with Crippen molar-refractivity contribution in [2.45, 2.75) is 6.54 Å². The Morgan fingerprint density at radius 3 is 2.19 bits per heavy atom. The van der Waals surface area contributed by atoms with E-state index in [0.29, 0.717) is 43.7 Å². The summed E-state index contributed by atoms with van der Waals surface area (Å²) in [5, 5.41) is 11.6. The van der Waals surface area contributed by atoms with Gasteiger partial charge in [-0.15, -0.1) is 0 Å². The van der Waals surface area contributed by atoms with E-state index in [1.807, 2.05) is 0 Å². The number of hydrogen-bond acceptors (Lipinski definition) is 4. The number of nitrogens with zero attached hydrogens (tertiary/aromatic N) is 2. The number of amides is 2. The second kappa shape index (κ2) is 7.35. The third-order valence-electron chi connectivity index (χ3n) is 5.80. The quantitative estimate of drug-likeness (QED) is 0.476. The number of phenolic OH excluding ortho intramolecular Hbond substituents is 1. The fourth-order valence-electron chi connectivity index (χ4n) is 4.24. The largest absolute Gasteiger partial charge is 0.508 e. The van der Waals surface area contributed by atoms with Crippen molar-refractivity contribution in [3.05, 3.63) is 98.9 Å². The number of carbonyl (C=O) groups is 2. The molecule has 0 unspecified atom stereocenters. The molecular formula is C25H17ClN2O4. The first-order valence-electron chi connectivity index (χ1n) is 9.92. The predicted molar refractivity (Wildman–Crippen MR) is 122 cm³/mol. The van der Waals surface area contributed by atoms with Gasteiger partial charge in [0.1, 0.15) is 5.75 Å². The second-order valence-electron chi connectivity index (χ2n) is 7.67. The first-order valence-corrected chi connectivity index (χ1v) is 10.3. The van der Waals surface area contributed by atoms with Crippen molar-refractivity contribution in [3.8, 4) is 16.9 Å². The number of aromatic nitrogens is 1. The SMILES string of the molecule is Cn1c(CN2C(=O)c3ccccc3C2=O)c(-c2cccc(O)c2)c2cc(Cl)ccc2c1=O. The van der Waals surface area contributed by atoms with Gasteiger partial charge in [0.2, 0.25) is 0 Å². The number of hydrogen-bond donors (Lipinski definition) is 1. The standard InChI is InChI=1S/C25H17ClN2O4/c1-27-21(13-28-24(31)17-7-2-3-8-18(17)25(28)32)22(14-5-4-6-16(29)11-14)20-12-15(26)9-10-19(20)23(27)30/h2-12,29H,13H2,1H3. The molecule has 0 radical (unpaired) electrons. The fraction of sp³-hybridized carbons (Fsp3) is 0.0800. The van der Waals surface area contributed by atoms with Crippen LogP contribution in [-0.2, 0) is 13.6 Å². The van der Waals surface area contributed by atoms with Crippen LogP contribution in [0.3, 0.4) is 0 Å². The summed E-state index contributed by atoms with van der Waals surface area (Å²) in [5.41, 5.74) is 2.13. The summed E-state index contributed by atoms with van der Waals surface area (Å²) in [7, 11) is 1.61. The van der Waals surface area contributed by atoms with Crippen LogP contribution >= 0.6 is 11.6 Å². The molecule has 1 N–H and O–H groups in total. The summed E-state index contributed by atoms with van der Waals surface area (Å²) >= 11 is 6.25. The molecule has 0 aliphatic carbocycles. The Labute approximate surface area is 187 Å². The first kappa shape index (κ1) is 20.0. The summed E-state index contributed by atoms with van der Waals surface area (Å²) in [4.78, 5) is 40.3. The maximum atomic E-state index is 13.1. The van der Waals surface area contributed by atoms with E-state index in [2.05, 4.69) is 0 Å². The summed E-state index contributed by atoms with van der Waals surface area (Å²) in [5.74, 6) is -0.768. The van der Waals surface area contributed by atoms with E-state index in [1.54, 1.807) is 73.8 Å². The minimum absolute atomic E-state index is 0.0539. The van der Waals surface area contributed by atoms with Gasteiger partial charge in [0, 0.05) is 28.7 Å². The third kappa shape index (κ3) is 2.99. The van der Waals surface area contributed by atoms with Crippen LogP contribution in [0.25, 0.3) is 21.9 Å². The molecule has 6 nitrogen and oxygen atoms in total. The van der Waals surface area contributed by atoms with E-state index in [1.165, 1.54) is 4.57 Å². The Balaban J connectivity index is 1.77. The van der Waals surface area contributed by atoms with Crippen molar-refractivity contribution >= 4 is 34.2 Å². The number of halogens is 1. The highest BCUT2D eigenvalue weighted by Crippen LogP contribution is 2.35. The summed E-state index contributed by atoms with van der Waals surface area (Å²) in [6.07, 6.45) is 0. The van der Waals surface area contributed by atoms with Gasteiger partial charge in [0.05, 0.1) is 17.7 Å². The maximum absolute atomic E-state index is 13.1. The number of fused-ring (bicyclic) bond motifs is 2. The van der Waals surface area contributed by atoms with Crippen molar-refractivity contribution in [1.82, 2.24) is 9.47 Å². The lowest BCUT2D eigenvalue weighted by Crippen LogP contribution is -2.33. The molecule has 0 atom stereocenters. The summed E-state index contributed by atoms with van der Waals surface area (Å²) in [6, 6.07) is 18.2. The molecule has 7 heteroatoms. The van der Waals surface area contributed by atoms with Gasteiger partial charge in [-0.25, -0.2) is 0 Å². The molecule has 1 aromatic heterocycles. The number of pyridine rings is 1. The van der Waals surface area contributed by atoms with E-state index < -0.39 is 11.8 Å². The smallest absolute Gasteiger partial charge is 0.261 e. The van der Waals surface area contributed by atoms with Gasteiger partial charge in [-0.1, -0.05) is 35.9 Å². The lowest BCUT2D eigenvalue weighted by Gasteiger charge is -2.22. The topological polar surface area (TPSA) is 79.6 Å². The molecule has 2 heterocycles. The molecule has 0 saturated carbocycles. The molecule has 32 heavy (non-hydrogen) atoms. The molecule has 158 valence electrons. The fourth-order valence-corrected chi connectivity index (χ4v) is 4.41. The molecule has 0 saturated heterocycles. The summed E-state index contributed by atoms with van der Waals surface area (Å²) < 4.78 is 1.44. The number of rotatable bonds is 3. The Bertz CT molecular complexity index is 1470. The van der Waals surface area contributed by atoms with Crippen molar-refractivity contribution in [2.24, 2.45) is 7.05 Å². The van der Waals surface area contributed by atoms with Crippen molar-refractivity contribution in [3.63, 3.8) is 0 Å². The van der Waals surface area contributed by atoms with E-state index in [0.717, 1.165) is 4.90 Å². The predicted octanol–water partition coefficient (Wildman–Crippen LogP) is 4.36. The second-order valence-corrected chi connectivity index (χ2v) is 8.10. The third-order valence-corrected chi connectivity index (χ3v) is 6.04. The number of benzene rings is 3. The van der Waals surface area contributed by atoms with Crippen molar-refractivity contribution in [1.29, 1.82) is 0 Å². The normalized spacial score (nSPS) is 13.1. The molecule has 0 spiro atoms. The Morgan fingerprint density at radius 2 is 1.53 bits per heavy atom. The van der Waals surface area contributed by atoms with Crippen LogP contribution in [-0.4, -0.2) is 26.4 Å². The zero-order chi connectivity index (χ0) is 22.6. The van der Waals surface area contributed by atoms with Crippen LogP contribution in [0.5, 0.6) is 5.75 Å². The van der Waals surface area contributed by atoms with E-state index in [-0.39, 0.29) is 17.9 Å². The number of phenols is 1. The lowest BCUT2D eigenvalue weighted by atomic mass is 9.96. The van der Waals surface area contributed by atoms with Crippen LogP contribution in [0.15, 0.2) is 71.5 Å². The van der Waals surface area contributed by atoms with Crippen LogP contribution in [0.2, 0.25) is 5.02 Å². The zero-order valence-electron chi connectivity index (χ0n) is 17.0. The van der Waals surface area contributed by atoms with Gasteiger partial charge in [0.25, 0.3) is 17.4 Å². The van der Waals surface area contributed by atoms with Gasteiger partial charge >= 0.3 is 0 Å². The first-order chi connectivity index (χ1) is 15.4. The van der Waals surface area contributed by atoms with Crippen LogP contribution in [0.1, 0.15) is 26.4 Å². The van der Waals surface area contributed by atoms with Crippen LogP contribution in [0, 0.1) is 0 Å². The van der Waals surface area contributed by atoms with Crippen molar-refractivity contribution < 1.29 is 14.7 Å². The molecule has 5 rings (SSSR count). The van der Waals surface area contributed by atoms with Gasteiger partial charge < -0.3 is 9.67 Å². The van der Waals surface area contributed by atoms with E-state index >= 15 is 0 Å². The van der Waals surface area contributed by atoms with Gasteiger partial charge in [0.15, 0.2) is 0 Å². The molecule has 0 bridgehead atoms. The number of imide groups is 1. The molecule has 1 aliphatic heterocycles. The van der Waals surface area contributed by atoms with Gasteiger partial charge in [-0.2, -0.15) is 0 Å². The van der Waals surface area contributed by atoms with Crippen LogP contribution in [0.4, 0.5) is 0 Å². The summed E-state index contributed by atoms with van der Waals surface area (Å²) in [6.45, 7) is -0.106. The highest BCUT2D eigenvalue weighted by Gasteiger charge is 2.36. The van der Waals surface area contributed by atoms with Gasteiger partial charge in [-0.3, -0.25) is 19.3 Å². The molecule has 2 amide bonds. The number of aromatic hydroxyl groups is 1. The number of carbonyl (C=O) groups excluding carboxylic acids is 2. The molecule has 4 aromatic rings. The minimum Gasteiger partial charge on any atom is -0.508 e. The zero-order valence-corrected chi connectivity index (χ0v) is 17.8. The molecule has 0 fully saturated rings. The molecule has 3 aromatic carbocycles. The van der Waals surface area contributed by atoms with Crippen LogP contribution < -0.4 is 5.56 Å². The Hall–Kier alpha value is -3.90. The highest BCUT2D eigenvalue weighted by molar-refractivity contribution is 6.31. The Kier molecular flexibility index (Phi) is 4.60. The Morgan fingerprint density at radius 1 is 0.844 bits per heavy atom. The maximum Gasteiger partial charge on any atom is 0.261 e. The minimum atomic E-state index is -0.411.